The number of morpholine rings is 1. The molecule has 4 rings (SSSR count). The van der Waals surface area contributed by atoms with Crippen molar-refractivity contribution in [3.63, 3.8) is 0 Å². The van der Waals surface area contributed by atoms with Gasteiger partial charge in [0.15, 0.2) is 11.5 Å². The van der Waals surface area contributed by atoms with Crippen LogP contribution >= 0.6 is 0 Å². The zero-order chi connectivity index (χ0) is 18.6. The fourth-order valence-corrected chi connectivity index (χ4v) is 3.42. The molecule has 1 aromatic heterocycles. The summed E-state index contributed by atoms with van der Waals surface area (Å²) in [6, 6.07) is 10.4. The minimum Gasteiger partial charge on any atom is -0.378 e. The molecule has 1 amide bonds. The van der Waals surface area contributed by atoms with E-state index in [0.717, 1.165) is 18.9 Å². The van der Waals surface area contributed by atoms with E-state index < -0.39 is 0 Å². The number of halogens is 1. The summed E-state index contributed by atoms with van der Waals surface area (Å²) in [6.07, 6.45) is 0. The molecular weight excluding hydrogens is 349 g/mol. The predicted molar refractivity (Wildman–Crippen MR) is 99.6 cm³/mol. The van der Waals surface area contributed by atoms with E-state index in [2.05, 4.69) is 15.1 Å². The molecule has 2 fully saturated rings. The van der Waals surface area contributed by atoms with Crippen LogP contribution in [0.15, 0.2) is 36.4 Å². The maximum Gasteiger partial charge on any atom is 0.274 e. The maximum atomic E-state index is 13.9. The molecule has 27 heavy (non-hydrogen) atoms. The van der Waals surface area contributed by atoms with E-state index in [1.165, 1.54) is 6.07 Å². The second-order valence-corrected chi connectivity index (χ2v) is 6.61. The van der Waals surface area contributed by atoms with Gasteiger partial charge in [-0.05, 0) is 24.3 Å². The Balaban J connectivity index is 1.37. The van der Waals surface area contributed by atoms with Gasteiger partial charge in [0.1, 0.15) is 5.82 Å². The van der Waals surface area contributed by atoms with E-state index in [1.54, 1.807) is 23.1 Å². The number of hydrogen-bond acceptors (Lipinski definition) is 6. The van der Waals surface area contributed by atoms with Crippen molar-refractivity contribution in [3.8, 4) is 0 Å². The molecule has 3 heterocycles. The summed E-state index contributed by atoms with van der Waals surface area (Å²) < 4.78 is 19.2. The molecule has 0 radical (unpaired) electrons. The van der Waals surface area contributed by atoms with Crippen LogP contribution in [0.5, 0.6) is 0 Å². The molecule has 0 spiro atoms. The van der Waals surface area contributed by atoms with Crippen molar-refractivity contribution in [2.24, 2.45) is 0 Å². The first-order valence-electron chi connectivity index (χ1n) is 9.17. The third-order valence-corrected chi connectivity index (χ3v) is 4.96. The Kier molecular flexibility index (Phi) is 5.15. The summed E-state index contributed by atoms with van der Waals surface area (Å²) in [6.45, 7) is 5.14. The average Bonchev–Trinajstić information content (AvgIpc) is 2.74. The number of ether oxygens (including phenoxy) is 1. The first-order chi connectivity index (χ1) is 13.2. The number of anilines is 2. The van der Waals surface area contributed by atoms with Gasteiger partial charge in [0.25, 0.3) is 5.91 Å². The van der Waals surface area contributed by atoms with Crippen molar-refractivity contribution in [2.45, 2.75) is 0 Å². The number of piperazine rings is 1. The number of aromatic nitrogens is 2. The van der Waals surface area contributed by atoms with Crippen LogP contribution in [-0.2, 0) is 4.74 Å². The molecule has 142 valence electrons. The van der Waals surface area contributed by atoms with Crippen molar-refractivity contribution >= 4 is 17.4 Å². The van der Waals surface area contributed by atoms with Crippen LogP contribution in [0.2, 0.25) is 0 Å². The molecule has 0 atom stereocenters. The van der Waals surface area contributed by atoms with Crippen LogP contribution < -0.4 is 9.80 Å². The van der Waals surface area contributed by atoms with Crippen LogP contribution in [0, 0.1) is 5.82 Å². The molecule has 0 bridgehead atoms. The van der Waals surface area contributed by atoms with Crippen LogP contribution in [0.4, 0.5) is 15.9 Å². The molecule has 2 saturated heterocycles. The molecule has 0 saturated carbocycles. The zero-order valence-electron chi connectivity index (χ0n) is 15.1. The lowest BCUT2D eigenvalue weighted by Gasteiger charge is -2.36. The number of nitrogens with zero attached hydrogens (tertiary/aromatic N) is 5. The van der Waals surface area contributed by atoms with Gasteiger partial charge < -0.3 is 19.4 Å². The molecule has 7 nitrogen and oxygen atoms in total. The summed E-state index contributed by atoms with van der Waals surface area (Å²) >= 11 is 0. The van der Waals surface area contributed by atoms with Gasteiger partial charge in [-0.25, -0.2) is 4.39 Å². The van der Waals surface area contributed by atoms with Gasteiger partial charge in [-0.3, -0.25) is 4.79 Å². The van der Waals surface area contributed by atoms with Gasteiger partial charge >= 0.3 is 0 Å². The fourth-order valence-electron chi connectivity index (χ4n) is 3.42. The van der Waals surface area contributed by atoms with Crippen LogP contribution in [0.1, 0.15) is 10.5 Å². The van der Waals surface area contributed by atoms with E-state index in [1.807, 2.05) is 17.0 Å². The molecule has 2 aliphatic rings. The number of amides is 1. The quantitative estimate of drug-likeness (QED) is 0.813. The molecule has 0 N–H and O–H groups in total. The molecular formula is C19H22FN5O2. The minimum absolute atomic E-state index is 0.110. The monoisotopic (exact) mass is 371 g/mol. The summed E-state index contributed by atoms with van der Waals surface area (Å²) in [5.41, 5.74) is 0.986. The SMILES string of the molecule is O=C(c1ccc(N2CCN(c3ccccc3F)CC2)nn1)N1CCOCC1. The smallest absolute Gasteiger partial charge is 0.274 e. The number of para-hydroxylation sites is 1. The van der Waals surface area contributed by atoms with E-state index in [-0.39, 0.29) is 11.7 Å². The molecule has 1 aromatic carbocycles. The number of carbonyl (C=O) groups excluding carboxylic acids is 1. The Labute approximate surface area is 157 Å². The predicted octanol–water partition coefficient (Wildman–Crippen LogP) is 1.41. The van der Waals surface area contributed by atoms with Gasteiger partial charge in [-0.15, -0.1) is 10.2 Å². The van der Waals surface area contributed by atoms with Gasteiger partial charge in [0.2, 0.25) is 0 Å². The maximum absolute atomic E-state index is 13.9. The van der Waals surface area contributed by atoms with Gasteiger partial charge in [-0.2, -0.15) is 0 Å². The normalized spacial score (nSPS) is 17.9. The highest BCUT2D eigenvalue weighted by Gasteiger charge is 2.23. The lowest BCUT2D eigenvalue weighted by molar-refractivity contribution is 0.0298. The van der Waals surface area contributed by atoms with Crippen molar-refractivity contribution in [3.05, 3.63) is 47.9 Å². The molecule has 2 aromatic rings. The zero-order valence-corrected chi connectivity index (χ0v) is 15.1. The van der Waals surface area contributed by atoms with Crippen molar-refractivity contribution in [1.82, 2.24) is 15.1 Å². The summed E-state index contributed by atoms with van der Waals surface area (Å²) in [7, 11) is 0. The number of benzene rings is 1. The van der Waals surface area contributed by atoms with Crippen molar-refractivity contribution in [1.29, 1.82) is 0 Å². The highest BCUT2D eigenvalue weighted by molar-refractivity contribution is 5.92. The second-order valence-electron chi connectivity index (χ2n) is 6.61. The molecule has 2 aliphatic heterocycles. The third-order valence-electron chi connectivity index (χ3n) is 4.96. The molecule has 0 aliphatic carbocycles. The highest BCUT2D eigenvalue weighted by atomic mass is 19.1. The molecule has 0 unspecified atom stereocenters. The van der Waals surface area contributed by atoms with Gasteiger partial charge in [-0.1, -0.05) is 12.1 Å². The average molecular weight is 371 g/mol. The van der Waals surface area contributed by atoms with E-state index in [9.17, 15) is 9.18 Å². The first-order valence-corrected chi connectivity index (χ1v) is 9.17. The summed E-state index contributed by atoms with van der Waals surface area (Å²) in [5.74, 6) is 0.431. The Morgan fingerprint density at radius 1 is 0.889 bits per heavy atom. The Bertz CT molecular complexity index is 787. The van der Waals surface area contributed by atoms with E-state index in [4.69, 9.17) is 4.74 Å². The van der Waals surface area contributed by atoms with E-state index in [0.29, 0.717) is 50.8 Å². The standard InChI is InChI=1S/C19H22FN5O2/c20-15-3-1-2-4-17(15)23-7-9-24(10-8-23)18-6-5-16(21-22-18)19(26)25-11-13-27-14-12-25/h1-6H,7-14H2. The summed E-state index contributed by atoms with van der Waals surface area (Å²) in [5, 5.41) is 8.36. The Morgan fingerprint density at radius 2 is 1.59 bits per heavy atom. The lowest BCUT2D eigenvalue weighted by atomic mass is 10.2. The third kappa shape index (κ3) is 3.85. The second kappa shape index (κ2) is 7.87. The van der Waals surface area contributed by atoms with Crippen LogP contribution in [0.3, 0.4) is 0 Å². The van der Waals surface area contributed by atoms with Crippen molar-refractivity contribution in [2.75, 3.05) is 62.3 Å². The number of rotatable bonds is 3. The Hall–Kier alpha value is -2.74. The van der Waals surface area contributed by atoms with Crippen molar-refractivity contribution < 1.29 is 13.9 Å². The van der Waals surface area contributed by atoms with Gasteiger partial charge in [0, 0.05) is 39.3 Å². The largest absolute Gasteiger partial charge is 0.378 e. The minimum atomic E-state index is -0.197. The lowest BCUT2D eigenvalue weighted by Crippen LogP contribution is -2.47. The van der Waals surface area contributed by atoms with Gasteiger partial charge in [0.05, 0.1) is 18.9 Å². The topological polar surface area (TPSA) is 61.8 Å². The fraction of sp³-hybridized carbons (Fsp3) is 0.421. The van der Waals surface area contributed by atoms with E-state index >= 15 is 0 Å². The highest BCUT2D eigenvalue weighted by Crippen LogP contribution is 2.22. The van der Waals surface area contributed by atoms with Crippen LogP contribution in [-0.4, -0.2) is 73.5 Å². The summed E-state index contributed by atoms with van der Waals surface area (Å²) in [4.78, 5) is 18.3. The van der Waals surface area contributed by atoms with Crippen LogP contribution in [0.25, 0.3) is 0 Å². The molecule has 8 heteroatoms. The number of carbonyl (C=O) groups is 1. The first kappa shape index (κ1) is 17.7. The Morgan fingerprint density at radius 3 is 2.26 bits per heavy atom. The number of hydrogen-bond donors (Lipinski definition) is 0.